The zero-order chi connectivity index (χ0) is 24.1. The van der Waals surface area contributed by atoms with Crippen molar-refractivity contribution >= 4 is 42.1 Å². The number of carbonyl (C=O) groups excluding carboxylic acids is 4. The minimum Gasteiger partial charge on any atom is -0.412 e. The molecule has 0 saturated carbocycles. The molecule has 0 saturated heterocycles. The average molecular weight is 455 g/mol. The summed E-state index contributed by atoms with van der Waals surface area (Å²) in [4.78, 5) is 52.3. The Morgan fingerprint density at radius 1 is 0.400 bits per heavy atom. The van der Waals surface area contributed by atoms with Gasteiger partial charge < -0.3 is 10.5 Å². The Kier molecular flexibility index (Phi) is 4.71. The first-order valence-corrected chi connectivity index (χ1v) is 11.0. The molecule has 4 aromatic carbocycles. The fraction of sp³-hybridized carbons (Fsp3) is 0. The van der Waals surface area contributed by atoms with Crippen molar-refractivity contribution in [1.82, 2.24) is 0 Å². The summed E-state index contributed by atoms with van der Waals surface area (Å²) in [6.45, 7) is 0. The first kappa shape index (κ1) is 20.8. The van der Waals surface area contributed by atoms with E-state index in [-0.39, 0.29) is 23.1 Å². The summed E-state index contributed by atoms with van der Waals surface area (Å²) in [5, 5.41) is 6.10. The molecule has 2 aliphatic rings. The lowest BCUT2D eigenvalue weighted by Crippen LogP contribution is -2.26. The van der Waals surface area contributed by atoms with Crippen molar-refractivity contribution in [2.45, 2.75) is 0 Å². The zero-order valence-electron chi connectivity index (χ0n) is 18.3. The van der Waals surface area contributed by atoms with E-state index in [1.807, 2.05) is 0 Å². The van der Waals surface area contributed by atoms with Gasteiger partial charge in [0.2, 0.25) is 0 Å². The maximum absolute atomic E-state index is 13.2. The van der Waals surface area contributed by atoms with Crippen LogP contribution in [0.3, 0.4) is 0 Å². The normalized spacial score (nSPS) is 13.4. The van der Waals surface area contributed by atoms with Crippen molar-refractivity contribution < 1.29 is 19.2 Å². The lowest BCUT2D eigenvalue weighted by molar-refractivity contribution is 0.0979. The van der Waals surface area contributed by atoms with Crippen LogP contribution in [-0.4, -0.2) is 30.7 Å². The van der Waals surface area contributed by atoms with Crippen molar-refractivity contribution in [3.63, 3.8) is 0 Å². The molecule has 35 heavy (non-hydrogen) atoms. The molecule has 0 aromatic heterocycles. The summed E-state index contributed by atoms with van der Waals surface area (Å²) in [5.41, 5.74) is 3.70. The summed E-state index contributed by atoms with van der Waals surface area (Å²) >= 11 is 0. The third kappa shape index (κ3) is 3.13. The highest BCUT2D eigenvalue weighted by Crippen LogP contribution is 2.33. The summed E-state index contributed by atoms with van der Waals surface area (Å²) in [6.07, 6.45) is 0. The standard InChI is InChI=1S/C28H16BN2O4/c32-25-15-7-1-3-9-17(15)27(34)23-19(25)11-5-13-21(23)30-29-31-22-14-6-12-20-24(22)28(35)18-10-4-2-8-16(18)26(20)33/h1-14,30-31H. The average Bonchev–Trinajstić information content (AvgIpc) is 2.90. The molecule has 6 rings (SSSR count). The Labute approximate surface area is 201 Å². The molecule has 1 radical (unpaired) electrons. The first-order chi connectivity index (χ1) is 17.1. The van der Waals surface area contributed by atoms with E-state index in [0.717, 1.165) is 0 Å². The second-order valence-corrected chi connectivity index (χ2v) is 8.30. The van der Waals surface area contributed by atoms with Crippen molar-refractivity contribution in [3.8, 4) is 0 Å². The van der Waals surface area contributed by atoms with Gasteiger partial charge in [-0.15, -0.1) is 0 Å². The highest BCUT2D eigenvalue weighted by atomic mass is 16.1. The second-order valence-electron chi connectivity index (χ2n) is 8.30. The molecule has 4 aromatic rings. The summed E-state index contributed by atoms with van der Waals surface area (Å²) in [5.74, 6) is -0.874. The van der Waals surface area contributed by atoms with Crippen LogP contribution in [-0.2, 0) is 0 Å². The number of anilines is 2. The zero-order valence-corrected chi connectivity index (χ0v) is 18.3. The van der Waals surface area contributed by atoms with Gasteiger partial charge in [-0.05, 0) is 12.1 Å². The van der Waals surface area contributed by atoms with Gasteiger partial charge in [0, 0.05) is 44.8 Å². The third-order valence-corrected chi connectivity index (χ3v) is 6.36. The number of hydrogen-bond donors (Lipinski definition) is 2. The van der Waals surface area contributed by atoms with Crippen LogP contribution in [0.5, 0.6) is 0 Å². The largest absolute Gasteiger partial charge is 0.412 e. The summed E-state index contributed by atoms with van der Waals surface area (Å²) < 4.78 is 0. The first-order valence-electron chi connectivity index (χ1n) is 11.0. The number of rotatable bonds is 4. The lowest BCUT2D eigenvalue weighted by atomic mass is 9.82. The molecule has 2 N–H and O–H groups in total. The van der Waals surface area contributed by atoms with Crippen molar-refractivity contribution in [2.75, 3.05) is 10.5 Å². The molecule has 7 heteroatoms. The second kappa shape index (κ2) is 7.92. The molecular formula is C28H16BN2O4. The van der Waals surface area contributed by atoms with Gasteiger partial charge in [-0.25, -0.2) is 0 Å². The molecule has 0 heterocycles. The number of ketones is 4. The smallest absolute Gasteiger partial charge is 0.385 e. The summed E-state index contributed by atoms with van der Waals surface area (Å²) in [7, 11) is 1.49. The van der Waals surface area contributed by atoms with Crippen LogP contribution < -0.4 is 10.5 Å². The minimum absolute atomic E-state index is 0.202. The van der Waals surface area contributed by atoms with Gasteiger partial charge in [0.1, 0.15) is 0 Å². The number of nitrogens with one attached hydrogen (secondary N) is 2. The van der Waals surface area contributed by atoms with E-state index in [4.69, 9.17) is 0 Å². The van der Waals surface area contributed by atoms with E-state index in [9.17, 15) is 19.2 Å². The molecule has 6 nitrogen and oxygen atoms in total. The molecule has 0 bridgehead atoms. The number of hydrogen-bond acceptors (Lipinski definition) is 6. The number of fused-ring (bicyclic) bond motifs is 4. The van der Waals surface area contributed by atoms with Crippen molar-refractivity contribution in [3.05, 3.63) is 129 Å². The minimum atomic E-state index is -0.235. The molecule has 0 unspecified atom stereocenters. The number of carbonyl (C=O) groups is 4. The maximum atomic E-state index is 13.2. The Morgan fingerprint density at radius 2 is 0.743 bits per heavy atom. The van der Waals surface area contributed by atoms with Crippen LogP contribution in [0.2, 0.25) is 0 Å². The molecule has 0 fully saturated rings. The topological polar surface area (TPSA) is 92.3 Å². The van der Waals surface area contributed by atoms with Gasteiger partial charge in [-0.1, -0.05) is 72.8 Å². The lowest BCUT2D eigenvalue weighted by Gasteiger charge is -2.22. The Bertz CT molecular complexity index is 1490. The Balaban J connectivity index is 1.29. The van der Waals surface area contributed by atoms with Gasteiger partial charge in [-0.2, -0.15) is 0 Å². The number of benzene rings is 4. The highest BCUT2D eigenvalue weighted by Gasteiger charge is 2.32. The predicted octanol–water partition coefficient (Wildman–Crippen LogP) is 4.30. The van der Waals surface area contributed by atoms with E-state index in [1.165, 1.54) is 7.55 Å². The van der Waals surface area contributed by atoms with E-state index in [1.54, 1.807) is 84.9 Å². The molecule has 0 spiro atoms. The Hall–Kier alpha value is -4.78. The van der Waals surface area contributed by atoms with Crippen LogP contribution in [0, 0.1) is 0 Å². The Morgan fingerprint density at radius 3 is 1.14 bits per heavy atom. The maximum Gasteiger partial charge on any atom is 0.385 e. The molecule has 165 valence electrons. The van der Waals surface area contributed by atoms with Crippen LogP contribution >= 0.6 is 0 Å². The SMILES string of the molecule is O=C1c2ccccc2C(=O)c2c(N[B]Nc3cccc4c3C(=O)c3ccccc3C4=O)cccc21. The summed E-state index contributed by atoms with van der Waals surface area (Å²) in [6, 6.07) is 23.6. The van der Waals surface area contributed by atoms with Crippen LogP contribution in [0.25, 0.3) is 0 Å². The molecular weight excluding hydrogens is 439 g/mol. The van der Waals surface area contributed by atoms with E-state index >= 15 is 0 Å². The third-order valence-electron chi connectivity index (χ3n) is 6.36. The van der Waals surface area contributed by atoms with Crippen molar-refractivity contribution in [1.29, 1.82) is 0 Å². The van der Waals surface area contributed by atoms with Gasteiger partial charge in [0.05, 0.1) is 11.1 Å². The monoisotopic (exact) mass is 455 g/mol. The molecule has 0 amide bonds. The fourth-order valence-electron chi connectivity index (χ4n) is 4.72. The highest BCUT2D eigenvalue weighted by molar-refractivity contribution is 6.46. The van der Waals surface area contributed by atoms with Crippen LogP contribution in [0.1, 0.15) is 63.7 Å². The molecule has 0 aliphatic heterocycles. The van der Waals surface area contributed by atoms with Crippen LogP contribution in [0.15, 0.2) is 84.9 Å². The van der Waals surface area contributed by atoms with E-state index in [2.05, 4.69) is 10.5 Å². The van der Waals surface area contributed by atoms with Gasteiger partial charge in [0.25, 0.3) is 0 Å². The molecule has 0 atom stereocenters. The fourth-order valence-corrected chi connectivity index (χ4v) is 4.72. The van der Waals surface area contributed by atoms with Crippen LogP contribution in [0.4, 0.5) is 11.4 Å². The van der Waals surface area contributed by atoms with Gasteiger partial charge in [0.15, 0.2) is 23.1 Å². The quantitative estimate of drug-likeness (QED) is 0.386. The van der Waals surface area contributed by atoms with Crippen molar-refractivity contribution in [2.24, 2.45) is 0 Å². The van der Waals surface area contributed by atoms with Gasteiger partial charge >= 0.3 is 7.55 Å². The van der Waals surface area contributed by atoms with Gasteiger partial charge in [-0.3, -0.25) is 19.2 Å². The predicted molar refractivity (Wildman–Crippen MR) is 132 cm³/mol. The van der Waals surface area contributed by atoms with E-state index in [0.29, 0.717) is 55.9 Å². The van der Waals surface area contributed by atoms with E-state index < -0.39 is 0 Å². The molecule has 2 aliphatic carbocycles.